The number of likely N-dealkylation sites (N-methyl/N-ethyl adjacent to an activating group) is 1. The molecule has 1 amide bonds. The summed E-state index contributed by atoms with van der Waals surface area (Å²) in [6, 6.07) is 0.904. The van der Waals surface area contributed by atoms with Gasteiger partial charge in [-0.1, -0.05) is 6.92 Å². The summed E-state index contributed by atoms with van der Waals surface area (Å²) in [7, 11) is 2.11. The van der Waals surface area contributed by atoms with Gasteiger partial charge in [-0.15, -0.1) is 0 Å². The van der Waals surface area contributed by atoms with E-state index in [0.717, 1.165) is 32.5 Å². The number of carbonyl (C=O) groups is 1. The lowest BCUT2D eigenvalue weighted by atomic mass is 10.0. The molecule has 4 heteroatoms. The summed E-state index contributed by atoms with van der Waals surface area (Å²) in [6.07, 6.45) is 2.11. The lowest BCUT2D eigenvalue weighted by Crippen LogP contribution is -2.41. The first-order valence-electron chi connectivity index (χ1n) is 6.77. The van der Waals surface area contributed by atoms with Crippen molar-refractivity contribution in [1.82, 2.24) is 15.5 Å². The van der Waals surface area contributed by atoms with E-state index in [1.807, 2.05) is 0 Å². The summed E-state index contributed by atoms with van der Waals surface area (Å²) in [5.41, 5.74) is 0. The van der Waals surface area contributed by atoms with Gasteiger partial charge in [0.2, 0.25) is 5.91 Å². The van der Waals surface area contributed by atoms with Crippen LogP contribution in [0.25, 0.3) is 0 Å². The topological polar surface area (TPSA) is 44.4 Å². The highest BCUT2D eigenvalue weighted by Gasteiger charge is 2.28. The summed E-state index contributed by atoms with van der Waals surface area (Å²) >= 11 is 0. The first-order chi connectivity index (χ1) is 8.06. The van der Waals surface area contributed by atoms with E-state index in [1.54, 1.807) is 0 Å². The summed E-state index contributed by atoms with van der Waals surface area (Å²) in [6.45, 7) is 9.13. The van der Waals surface area contributed by atoms with Gasteiger partial charge in [-0.2, -0.15) is 0 Å². The van der Waals surface area contributed by atoms with Crippen LogP contribution in [0.3, 0.4) is 0 Å². The van der Waals surface area contributed by atoms with Crippen LogP contribution in [0.2, 0.25) is 0 Å². The third kappa shape index (κ3) is 4.28. The molecule has 0 saturated carbocycles. The quantitative estimate of drug-likeness (QED) is 0.724. The zero-order valence-electron chi connectivity index (χ0n) is 11.6. The fraction of sp³-hybridized carbons (Fsp3) is 0.923. The summed E-state index contributed by atoms with van der Waals surface area (Å²) in [4.78, 5) is 14.2. The molecule has 1 saturated heterocycles. The molecule has 1 fully saturated rings. The molecule has 1 heterocycles. The van der Waals surface area contributed by atoms with Gasteiger partial charge in [-0.25, -0.2) is 0 Å². The molecular weight excluding hydrogens is 214 g/mol. The van der Waals surface area contributed by atoms with Crippen LogP contribution in [0.4, 0.5) is 0 Å². The van der Waals surface area contributed by atoms with Crippen molar-refractivity contribution < 1.29 is 4.79 Å². The Kier molecular flexibility index (Phi) is 5.92. The number of carbonyl (C=O) groups excluding carboxylic acids is 1. The van der Waals surface area contributed by atoms with Crippen molar-refractivity contribution in [1.29, 1.82) is 0 Å². The Labute approximate surface area is 105 Å². The van der Waals surface area contributed by atoms with Crippen LogP contribution in [0.15, 0.2) is 0 Å². The van der Waals surface area contributed by atoms with Gasteiger partial charge in [0.15, 0.2) is 0 Å². The highest BCUT2D eigenvalue weighted by Crippen LogP contribution is 2.14. The largest absolute Gasteiger partial charge is 0.355 e. The minimum atomic E-state index is 0.156. The van der Waals surface area contributed by atoms with Crippen LogP contribution in [-0.4, -0.2) is 49.6 Å². The van der Waals surface area contributed by atoms with E-state index in [1.165, 1.54) is 0 Å². The number of amides is 1. The molecule has 0 bridgehead atoms. The summed E-state index contributed by atoms with van der Waals surface area (Å²) in [5, 5.41) is 6.35. The van der Waals surface area contributed by atoms with Gasteiger partial charge in [-0.05, 0) is 40.3 Å². The molecule has 0 radical (unpaired) electrons. The molecule has 0 aromatic heterocycles. The third-order valence-corrected chi connectivity index (χ3v) is 3.97. The molecule has 0 spiro atoms. The Morgan fingerprint density at radius 3 is 2.82 bits per heavy atom. The Morgan fingerprint density at radius 1 is 1.59 bits per heavy atom. The van der Waals surface area contributed by atoms with E-state index in [-0.39, 0.29) is 11.8 Å². The van der Waals surface area contributed by atoms with Gasteiger partial charge in [0.1, 0.15) is 0 Å². The van der Waals surface area contributed by atoms with Gasteiger partial charge in [-0.3, -0.25) is 4.79 Å². The smallest absolute Gasteiger partial charge is 0.224 e. The molecular formula is C13H27N3O. The van der Waals surface area contributed by atoms with Crippen molar-refractivity contribution in [3.8, 4) is 0 Å². The zero-order chi connectivity index (χ0) is 12.8. The van der Waals surface area contributed by atoms with Crippen LogP contribution in [0, 0.1) is 5.92 Å². The molecule has 0 aromatic carbocycles. The predicted molar refractivity (Wildman–Crippen MR) is 71.0 cm³/mol. The van der Waals surface area contributed by atoms with Crippen LogP contribution >= 0.6 is 0 Å². The van der Waals surface area contributed by atoms with Crippen LogP contribution < -0.4 is 10.6 Å². The maximum atomic E-state index is 11.9. The zero-order valence-corrected chi connectivity index (χ0v) is 11.6. The van der Waals surface area contributed by atoms with E-state index >= 15 is 0 Å². The molecule has 17 heavy (non-hydrogen) atoms. The fourth-order valence-electron chi connectivity index (χ4n) is 2.24. The minimum absolute atomic E-state index is 0.156. The Bertz CT molecular complexity index is 245. The lowest BCUT2D eigenvalue weighted by Gasteiger charge is -2.24. The van der Waals surface area contributed by atoms with Crippen LogP contribution in [0.1, 0.15) is 33.6 Å². The first kappa shape index (κ1) is 14.5. The maximum absolute atomic E-state index is 11.9. The van der Waals surface area contributed by atoms with E-state index in [2.05, 4.69) is 43.4 Å². The van der Waals surface area contributed by atoms with Crippen molar-refractivity contribution in [2.45, 2.75) is 45.7 Å². The van der Waals surface area contributed by atoms with Crippen LogP contribution in [-0.2, 0) is 4.79 Å². The molecule has 4 nitrogen and oxygen atoms in total. The monoisotopic (exact) mass is 241 g/mol. The molecule has 1 rings (SSSR count). The Balaban J connectivity index is 2.20. The van der Waals surface area contributed by atoms with Gasteiger partial charge in [0.25, 0.3) is 0 Å². The van der Waals surface area contributed by atoms with E-state index < -0.39 is 0 Å². The molecule has 100 valence electrons. The highest BCUT2D eigenvalue weighted by molar-refractivity contribution is 5.79. The van der Waals surface area contributed by atoms with Gasteiger partial charge >= 0.3 is 0 Å². The molecule has 3 unspecified atom stereocenters. The van der Waals surface area contributed by atoms with E-state index in [4.69, 9.17) is 0 Å². The third-order valence-electron chi connectivity index (χ3n) is 3.97. The standard InChI is InChI=1S/C13H27N3O/c1-5-10(2)16(4)9-8-15-13(17)12-6-7-14-11(12)3/h10-12,14H,5-9H2,1-4H3,(H,15,17). The van der Waals surface area contributed by atoms with Crippen molar-refractivity contribution in [3.63, 3.8) is 0 Å². The Morgan fingerprint density at radius 2 is 2.29 bits per heavy atom. The number of rotatable bonds is 6. The lowest BCUT2D eigenvalue weighted by molar-refractivity contribution is -0.125. The van der Waals surface area contributed by atoms with Gasteiger partial charge in [0, 0.05) is 25.2 Å². The molecule has 2 N–H and O–H groups in total. The van der Waals surface area contributed by atoms with Gasteiger partial charge in [0.05, 0.1) is 5.92 Å². The van der Waals surface area contributed by atoms with Crippen molar-refractivity contribution in [3.05, 3.63) is 0 Å². The second-order valence-electron chi connectivity index (χ2n) is 5.17. The van der Waals surface area contributed by atoms with E-state index in [0.29, 0.717) is 12.1 Å². The molecule has 0 aliphatic carbocycles. The highest BCUT2D eigenvalue weighted by atomic mass is 16.1. The summed E-state index contributed by atoms with van der Waals surface area (Å²) < 4.78 is 0. The van der Waals surface area contributed by atoms with Crippen molar-refractivity contribution in [2.75, 3.05) is 26.7 Å². The SMILES string of the molecule is CCC(C)N(C)CCNC(=O)C1CCNC1C. The second kappa shape index (κ2) is 6.97. The normalized spacial score (nSPS) is 26.2. The maximum Gasteiger partial charge on any atom is 0.224 e. The van der Waals surface area contributed by atoms with Crippen molar-refractivity contribution >= 4 is 5.91 Å². The number of nitrogens with zero attached hydrogens (tertiary/aromatic N) is 1. The Hall–Kier alpha value is -0.610. The van der Waals surface area contributed by atoms with Crippen molar-refractivity contribution in [2.24, 2.45) is 5.92 Å². The van der Waals surface area contributed by atoms with E-state index in [9.17, 15) is 4.79 Å². The first-order valence-corrected chi connectivity index (χ1v) is 6.77. The number of nitrogens with one attached hydrogen (secondary N) is 2. The molecule has 0 aromatic rings. The fourth-order valence-corrected chi connectivity index (χ4v) is 2.24. The number of hydrogen-bond acceptors (Lipinski definition) is 3. The number of hydrogen-bond donors (Lipinski definition) is 2. The average molecular weight is 241 g/mol. The average Bonchev–Trinajstić information content (AvgIpc) is 2.74. The summed E-state index contributed by atoms with van der Waals surface area (Å²) in [5.74, 6) is 0.365. The van der Waals surface area contributed by atoms with Crippen LogP contribution in [0.5, 0.6) is 0 Å². The minimum Gasteiger partial charge on any atom is -0.355 e. The molecule has 3 atom stereocenters. The molecule has 1 aliphatic heterocycles. The van der Waals surface area contributed by atoms with Gasteiger partial charge < -0.3 is 15.5 Å². The molecule has 1 aliphatic rings. The second-order valence-corrected chi connectivity index (χ2v) is 5.17. The predicted octanol–water partition coefficient (Wildman–Crippen LogP) is 0.831.